The van der Waals surface area contributed by atoms with Crippen LogP contribution in [0.25, 0.3) is 33.2 Å². The van der Waals surface area contributed by atoms with E-state index in [9.17, 15) is 0 Å². The Morgan fingerprint density at radius 2 is 1.60 bits per heavy atom. The van der Waals surface area contributed by atoms with E-state index < -0.39 is 0 Å². The Labute approximate surface area is 177 Å². The summed E-state index contributed by atoms with van der Waals surface area (Å²) in [5, 5.41) is 5.83. The lowest BCUT2D eigenvalue weighted by atomic mass is 10.1. The first-order valence-corrected chi connectivity index (χ1v) is 9.67. The Morgan fingerprint density at radius 3 is 2.47 bits per heavy atom. The molecule has 0 unspecified atom stereocenters. The molecule has 6 nitrogen and oxygen atoms in total. The fourth-order valence-corrected chi connectivity index (χ4v) is 3.36. The van der Waals surface area contributed by atoms with E-state index in [4.69, 9.17) is 11.6 Å². The number of nitrogens with one attached hydrogen (secondary N) is 1. The van der Waals surface area contributed by atoms with Gasteiger partial charge in [-0.3, -0.25) is 9.97 Å². The molecule has 0 saturated heterocycles. The van der Waals surface area contributed by atoms with E-state index in [1.807, 2.05) is 66.7 Å². The molecule has 1 N–H and O–H groups in total. The van der Waals surface area contributed by atoms with Gasteiger partial charge in [-0.1, -0.05) is 48.0 Å². The van der Waals surface area contributed by atoms with Gasteiger partial charge in [0.1, 0.15) is 0 Å². The number of hydrazone groups is 1. The Hall–Kier alpha value is -3.90. The fourth-order valence-electron chi connectivity index (χ4n) is 3.19. The first-order valence-electron chi connectivity index (χ1n) is 9.29. The molecule has 5 rings (SSSR count). The lowest BCUT2D eigenvalue weighted by molar-refractivity contribution is 1.16. The molecule has 0 spiro atoms. The van der Waals surface area contributed by atoms with Gasteiger partial charge in [0.25, 0.3) is 0 Å². The standard InChI is InChI=1S/C23H15ClN6/c24-17-7-9-19-18(13-17)22(16-4-2-1-3-5-16)29-23(28-19)30-27-14-15-6-8-20-21(12-15)26-11-10-25-20/h1-14H,(H,28,29,30)/b27-14-. The summed E-state index contributed by atoms with van der Waals surface area (Å²) in [7, 11) is 0. The second-order valence-corrected chi connectivity index (χ2v) is 7.03. The number of nitrogens with zero attached hydrogens (tertiary/aromatic N) is 5. The highest BCUT2D eigenvalue weighted by atomic mass is 35.5. The molecular weight excluding hydrogens is 396 g/mol. The van der Waals surface area contributed by atoms with Crippen LogP contribution < -0.4 is 5.43 Å². The molecule has 0 bridgehead atoms. The van der Waals surface area contributed by atoms with E-state index in [2.05, 4.69) is 30.5 Å². The van der Waals surface area contributed by atoms with Crippen LogP contribution in [0.2, 0.25) is 5.02 Å². The van der Waals surface area contributed by atoms with Gasteiger partial charge in [0.15, 0.2) is 0 Å². The van der Waals surface area contributed by atoms with Gasteiger partial charge >= 0.3 is 0 Å². The third kappa shape index (κ3) is 3.68. The van der Waals surface area contributed by atoms with Gasteiger partial charge in [0.05, 0.1) is 28.5 Å². The number of rotatable bonds is 4. The predicted molar refractivity (Wildman–Crippen MR) is 121 cm³/mol. The average molecular weight is 411 g/mol. The molecule has 0 aliphatic carbocycles. The van der Waals surface area contributed by atoms with Crippen molar-refractivity contribution in [3.8, 4) is 11.3 Å². The monoisotopic (exact) mass is 410 g/mol. The zero-order valence-corrected chi connectivity index (χ0v) is 16.5. The lowest BCUT2D eigenvalue weighted by Crippen LogP contribution is -2.00. The minimum absolute atomic E-state index is 0.403. The van der Waals surface area contributed by atoms with Crippen molar-refractivity contribution >= 4 is 45.7 Å². The van der Waals surface area contributed by atoms with Crippen molar-refractivity contribution in [3.63, 3.8) is 0 Å². The SMILES string of the molecule is Clc1ccc2nc(N/N=C\c3ccc4nccnc4c3)nc(-c3ccccc3)c2c1. The van der Waals surface area contributed by atoms with Crippen LogP contribution in [-0.2, 0) is 0 Å². The highest BCUT2D eigenvalue weighted by Gasteiger charge is 2.10. The molecule has 5 aromatic rings. The number of halogens is 1. The van der Waals surface area contributed by atoms with Gasteiger partial charge < -0.3 is 0 Å². The van der Waals surface area contributed by atoms with Crippen LogP contribution in [0, 0.1) is 0 Å². The van der Waals surface area contributed by atoms with Crippen molar-refractivity contribution in [1.82, 2.24) is 19.9 Å². The van der Waals surface area contributed by atoms with Gasteiger partial charge in [-0.05, 0) is 35.9 Å². The van der Waals surface area contributed by atoms with Gasteiger partial charge in [-0.2, -0.15) is 5.10 Å². The molecule has 0 aliphatic rings. The zero-order valence-electron chi connectivity index (χ0n) is 15.7. The molecule has 0 fully saturated rings. The molecule has 144 valence electrons. The maximum absolute atomic E-state index is 6.21. The zero-order chi connectivity index (χ0) is 20.3. The lowest BCUT2D eigenvalue weighted by Gasteiger charge is -2.09. The summed E-state index contributed by atoms with van der Waals surface area (Å²) in [5.74, 6) is 0.403. The van der Waals surface area contributed by atoms with Crippen molar-refractivity contribution in [2.45, 2.75) is 0 Å². The highest BCUT2D eigenvalue weighted by molar-refractivity contribution is 6.31. The maximum atomic E-state index is 6.21. The molecular formula is C23H15ClN6. The summed E-state index contributed by atoms with van der Waals surface area (Å²) in [5.41, 5.74) is 8.04. The van der Waals surface area contributed by atoms with E-state index in [0.29, 0.717) is 11.0 Å². The molecule has 2 aromatic heterocycles. The normalized spacial score (nSPS) is 11.4. The second-order valence-electron chi connectivity index (χ2n) is 6.60. The van der Waals surface area contributed by atoms with E-state index in [1.54, 1.807) is 18.6 Å². The molecule has 2 heterocycles. The number of anilines is 1. The minimum Gasteiger partial charge on any atom is -0.253 e. The summed E-state index contributed by atoms with van der Waals surface area (Å²) >= 11 is 6.21. The van der Waals surface area contributed by atoms with Gasteiger partial charge in [0, 0.05) is 28.4 Å². The van der Waals surface area contributed by atoms with Crippen LogP contribution in [0.3, 0.4) is 0 Å². The molecule has 30 heavy (non-hydrogen) atoms. The van der Waals surface area contributed by atoms with Crippen molar-refractivity contribution in [3.05, 3.63) is 89.7 Å². The van der Waals surface area contributed by atoms with Gasteiger partial charge in [0.2, 0.25) is 5.95 Å². The predicted octanol–water partition coefficient (Wildman–Crippen LogP) is 5.34. The number of aromatic nitrogens is 4. The van der Waals surface area contributed by atoms with E-state index in [-0.39, 0.29) is 0 Å². The topological polar surface area (TPSA) is 76.0 Å². The van der Waals surface area contributed by atoms with Crippen LogP contribution in [0.5, 0.6) is 0 Å². The number of fused-ring (bicyclic) bond motifs is 2. The molecule has 0 aliphatic heterocycles. The largest absolute Gasteiger partial charge is 0.253 e. The Kier molecular flexibility index (Phi) is 4.75. The van der Waals surface area contributed by atoms with Crippen molar-refractivity contribution in [2.24, 2.45) is 5.10 Å². The molecule has 3 aromatic carbocycles. The first-order chi connectivity index (χ1) is 14.8. The van der Waals surface area contributed by atoms with Gasteiger partial charge in [-0.25, -0.2) is 15.4 Å². The Bertz CT molecular complexity index is 1390. The maximum Gasteiger partial charge on any atom is 0.244 e. The summed E-state index contributed by atoms with van der Waals surface area (Å²) in [4.78, 5) is 17.8. The molecule has 0 amide bonds. The second kappa shape index (κ2) is 7.85. The van der Waals surface area contributed by atoms with E-state index in [0.717, 1.165) is 38.8 Å². The minimum atomic E-state index is 0.403. The Balaban J connectivity index is 1.49. The Morgan fingerprint density at radius 1 is 0.800 bits per heavy atom. The number of benzene rings is 3. The van der Waals surface area contributed by atoms with Crippen molar-refractivity contribution in [2.75, 3.05) is 5.43 Å². The van der Waals surface area contributed by atoms with Crippen LogP contribution in [-0.4, -0.2) is 26.2 Å². The van der Waals surface area contributed by atoms with Crippen LogP contribution >= 0.6 is 11.6 Å². The van der Waals surface area contributed by atoms with E-state index in [1.165, 1.54) is 0 Å². The molecule has 0 saturated carbocycles. The molecule has 7 heteroatoms. The van der Waals surface area contributed by atoms with Crippen LogP contribution in [0.4, 0.5) is 5.95 Å². The van der Waals surface area contributed by atoms with Crippen LogP contribution in [0.15, 0.2) is 84.2 Å². The van der Waals surface area contributed by atoms with Gasteiger partial charge in [-0.15, -0.1) is 0 Å². The average Bonchev–Trinajstić information content (AvgIpc) is 2.79. The van der Waals surface area contributed by atoms with Crippen molar-refractivity contribution in [1.29, 1.82) is 0 Å². The summed E-state index contributed by atoms with van der Waals surface area (Å²) < 4.78 is 0. The fraction of sp³-hybridized carbons (Fsp3) is 0. The summed E-state index contributed by atoms with van der Waals surface area (Å²) in [6.07, 6.45) is 5.04. The van der Waals surface area contributed by atoms with Crippen molar-refractivity contribution < 1.29 is 0 Å². The van der Waals surface area contributed by atoms with E-state index >= 15 is 0 Å². The summed E-state index contributed by atoms with van der Waals surface area (Å²) in [6.45, 7) is 0. The smallest absolute Gasteiger partial charge is 0.244 e. The highest BCUT2D eigenvalue weighted by Crippen LogP contribution is 2.29. The van der Waals surface area contributed by atoms with Crippen LogP contribution in [0.1, 0.15) is 5.56 Å². The third-order valence-corrected chi connectivity index (χ3v) is 4.81. The number of hydrogen-bond acceptors (Lipinski definition) is 6. The summed E-state index contributed by atoms with van der Waals surface area (Å²) in [6, 6.07) is 21.3. The molecule has 0 radical (unpaired) electrons. The quantitative estimate of drug-likeness (QED) is 0.319. The number of hydrogen-bond donors (Lipinski definition) is 1. The first kappa shape index (κ1) is 18.1. The third-order valence-electron chi connectivity index (χ3n) is 4.58. The molecule has 0 atom stereocenters.